The third-order valence-corrected chi connectivity index (χ3v) is 8.69. The van der Waals surface area contributed by atoms with Crippen molar-refractivity contribution in [3.05, 3.63) is 11.6 Å². The highest BCUT2D eigenvalue weighted by molar-refractivity contribution is 7.86. The first kappa shape index (κ1) is 18.6. The lowest BCUT2D eigenvalue weighted by Gasteiger charge is -2.57. The van der Waals surface area contributed by atoms with E-state index in [2.05, 4.69) is 19.9 Å². The predicted octanol–water partition coefficient (Wildman–Crippen LogP) is 2.83. The van der Waals surface area contributed by atoms with E-state index in [0.29, 0.717) is 24.7 Å². The van der Waals surface area contributed by atoms with Gasteiger partial charge in [-0.2, -0.15) is 8.42 Å². The van der Waals surface area contributed by atoms with Gasteiger partial charge in [0.1, 0.15) is 5.78 Å². The van der Waals surface area contributed by atoms with Crippen LogP contribution in [0.25, 0.3) is 0 Å². The van der Waals surface area contributed by atoms with Crippen molar-refractivity contribution in [2.24, 2.45) is 28.6 Å². The molecule has 7 atom stereocenters. The van der Waals surface area contributed by atoms with Crippen LogP contribution in [0.5, 0.6) is 0 Å². The molecule has 0 spiro atoms. The van der Waals surface area contributed by atoms with E-state index in [0.717, 1.165) is 38.4 Å². The number of carbonyl (C=O) groups excluding carboxylic acids is 1. The maximum Gasteiger partial charge on any atom is 0.264 e. The molecule has 26 heavy (non-hydrogen) atoms. The molecule has 0 aromatic rings. The van der Waals surface area contributed by atoms with Crippen molar-refractivity contribution in [3.63, 3.8) is 0 Å². The minimum Gasteiger partial charge on any atom is -0.392 e. The summed E-state index contributed by atoms with van der Waals surface area (Å²) in [4.78, 5) is 12.5. The van der Waals surface area contributed by atoms with Gasteiger partial charge in [-0.15, -0.1) is 0 Å². The number of hydrogen-bond donors (Lipinski definition) is 1. The zero-order valence-corrected chi connectivity index (χ0v) is 16.7. The Bertz CT molecular complexity index is 756. The first-order valence-electron chi connectivity index (χ1n) is 9.84. The fourth-order valence-corrected chi connectivity index (χ4v) is 7.45. The Morgan fingerprint density at radius 2 is 1.85 bits per heavy atom. The van der Waals surface area contributed by atoms with Gasteiger partial charge in [0.25, 0.3) is 10.1 Å². The van der Waals surface area contributed by atoms with Gasteiger partial charge < -0.3 is 5.11 Å². The maximum atomic E-state index is 12.5. The molecule has 4 rings (SSSR count). The van der Waals surface area contributed by atoms with Crippen molar-refractivity contribution in [2.75, 3.05) is 6.26 Å². The minimum absolute atomic E-state index is 0.0347. The Kier molecular flexibility index (Phi) is 4.22. The molecule has 3 fully saturated rings. The second kappa shape index (κ2) is 5.89. The molecule has 0 aliphatic heterocycles. The summed E-state index contributed by atoms with van der Waals surface area (Å²) in [5.74, 6) is 1.10. The van der Waals surface area contributed by atoms with E-state index in [1.54, 1.807) is 0 Å². The number of aliphatic hydroxyl groups is 1. The molecule has 4 aliphatic carbocycles. The van der Waals surface area contributed by atoms with E-state index < -0.39 is 16.2 Å². The van der Waals surface area contributed by atoms with Crippen LogP contribution in [0.2, 0.25) is 0 Å². The Hall–Kier alpha value is -0.720. The highest BCUT2D eigenvalue weighted by atomic mass is 32.2. The first-order chi connectivity index (χ1) is 12.0. The molecule has 5 nitrogen and oxygen atoms in total. The molecule has 0 saturated heterocycles. The third kappa shape index (κ3) is 2.71. The summed E-state index contributed by atoms with van der Waals surface area (Å²) in [6.45, 7) is 4.36. The van der Waals surface area contributed by atoms with E-state index in [4.69, 9.17) is 4.18 Å². The third-order valence-electron chi connectivity index (χ3n) is 8.07. The molecule has 1 N–H and O–H groups in total. The average Bonchev–Trinajstić information content (AvgIpc) is 2.76. The largest absolute Gasteiger partial charge is 0.392 e. The van der Waals surface area contributed by atoms with Gasteiger partial charge in [-0.3, -0.25) is 8.98 Å². The molecular formula is C20H30O5S. The smallest absolute Gasteiger partial charge is 0.264 e. The second-order valence-corrected chi connectivity index (χ2v) is 11.1. The topological polar surface area (TPSA) is 80.7 Å². The molecule has 4 aliphatic rings. The number of ketones is 1. The summed E-state index contributed by atoms with van der Waals surface area (Å²) < 4.78 is 28.3. The summed E-state index contributed by atoms with van der Waals surface area (Å²) in [7, 11) is -3.44. The van der Waals surface area contributed by atoms with E-state index >= 15 is 0 Å². The Morgan fingerprint density at radius 1 is 1.15 bits per heavy atom. The molecule has 0 aromatic heterocycles. The highest BCUT2D eigenvalue weighted by Gasteiger charge is 2.61. The SMILES string of the molecule is C[C@]12CC[C@H](OS(C)(=O)=O)CC1=CC[C@H]1[C@@H]3[C@@H](O)CC(=O)[C@@]3(C)CC[C@@H]12. The van der Waals surface area contributed by atoms with Crippen molar-refractivity contribution in [3.8, 4) is 0 Å². The zero-order valence-electron chi connectivity index (χ0n) is 15.9. The lowest BCUT2D eigenvalue weighted by Crippen LogP contribution is -2.52. The van der Waals surface area contributed by atoms with Crippen LogP contribution in [0, 0.1) is 28.6 Å². The maximum absolute atomic E-state index is 12.5. The van der Waals surface area contributed by atoms with Gasteiger partial charge in [-0.05, 0) is 55.8 Å². The van der Waals surface area contributed by atoms with Crippen LogP contribution < -0.4 is 0 Å². The van der Waals surface area contributed by atoms with E-state index in [9.17, 15) is 18.3 Å². The monoisotopic (exact) mass is 382 g/mol. The van der Waals surface area contributed by atoms with Crippen molar-refractivity contribution in [1.29, 1.82) is 0 Å². The number of fused-ring (bicyclic) bond motifs is 5. The quantitative estimate of drug-likeness (QED) is 0.587. The van der Waals surface area contributed by atoms with Crippen LogP contribution in [0.1, 0.15) is 58.8 Å². The van der Waals surface area contributed by atoms with Crippen LogP contribution in [0.3, 0.4) is 0 Å². The van der Waals surface area contributed by atoms with Crippen LogP contribution in [0.4, 0.5) is 0 Å². The zero-order chi connectivity index (χ0) is 18.9. The van der Waals surface area contributed by atoms with Gasteiger partial charge in [0.05, 0.1) is 18.5 Å². The normalized spacial score (nSPS) is 48.4. The van der Waals surface area contributed by atoms with Gasteiger partial charge in [0.15, 0.2) is 0 Å². The Balaban J connectivity index is 1.62. The van der Waals surface area contributed by atoms with Crippen LogP contribution in [-0.2, 0) is 19.1 Å². The van der Waals surface area contributed by atoms with Gasteiger partial charge >= 0.3 is 0 Å². The fourth-order valence-electron chi connectivity index (χ4n) is 6.80. The summed E-state index contributed by atoms with van der Waals surface area (Å²) in [6.07, 6.45) is 8.01. The molecule has 0 radical (unpaired) electrons. The number of carbonyl (C=O) groups is 1. The summed E-state index contributed by atoms with van der Waals surface area (Å²) in [6, 6.07) is 0. The second-order valence-electron chi connectivity index (χ2n) is 9.49. The van der Waals surface area contributed by atoms with Gasteiger partial charge in [0.2, 0.25) is 0 Å². The lowest BCUT2D eigenvalue weighted by molar-refractivity contribution is -0.132. The molecular weight excluding hydrogens is 352 g/mol. The standard InChI is InChI=1S/C20H30O5S/c1-19-8-6-13(25-26(3,23)24)10-12(19)4-5-14-15(19)7-9-20(2)17(22)11-16(21)18(14)20/h4,13-16,18,21H,5-11H2,1-3H3/t13-,14+,15-,16-,18+,19-,20+/m0/s1. The molecule has 0 bridgehead atoms. The summed E-state index contributed by atoms with van der Waals surface area (Å²) in [5.41, 5.74) is 0.993. The van der Waals surface area contributed by atoms with Crippen molar-refractivity contribution in [1.82, 2.24) is 0 Å². The number of aliphatic hydroxyl groups excluding tert-OH is 1. The van der Waals surface area contributed by atoms with Gasteiger partial charge in [-0.25, -0.2) is 0 Å². The van der Waals surface area contributed by atoms with Gasteiger partial charge in [0, 0.05) is 17.8 Å². The molecule has 0 heterocycles. The lowest BCUT2D eigenvalue weighted by atomic mass is 9.48. The minimum atomic E-state index is -3.44. The Labute approximate surface area is 156 Å². The van der Waals surface area contributed by atoms with Gasteiger partial charge in [-0.1, -0.05) is 25.5 Å². The highest BCUT2D eigenvalue weighted by Crippen LogP contribution is 2.64. The molecule has 3 saturated carbocycles. The van der Waals surface area contributed by atoms with Crippen molar-refractivity contribution < 1.29 is 22.5 Å². The first-order valence-corrected chi connectivity index (χ1v) is 11.7. The summed E-state index contributed by atoms with van der Waals surface area (Å²) >= 11 is 0. The summed E-state index contributed by atoms with van der Waals surface area (Å²) in [5, 5.41) is 10.6. The van der Waals surface area contributed by atoms with Crippen molar-refractivity contribution >= 4 is 15.9 Å². The number of allylic oxidation sites excluding steroid dienone is 1. The number of rotatable bonds is 2. The van der Waals surface area contributed by atoms with E-state index in [1.165, 1.54) is 5.57 Å². The molecule has 0 aromatic carbocycles. The van der Waals surface area contributed by atoms with Crippen LogP contribution in [-0.4, -0.2) is 37.8 Å². The van der Waals surface area contributed by atoms with E-state index in [1.807, 2.05) is 0 Å². The predicted molar refractivity (Wildman–Crippen MR) is 97.8 cm³/mol. The van der Waals surface area contributed by atoms with E-state index in [-0.39, 0.29) is 28.6 Å². The van der Waals surface area contributed by atoms with Crippen LogP contribution >= 0.6 is 0 Å². The number of Topliss-reactive ketones (excluding diaryl/α,β-unsaturated/α-hetero) is 1. The van der Waals surface area contributed by atoms with Crippen molar-refractivity contribution in [2.45, 2.75) is 71.0 Å². The molecule has 0 unspecified atom stereocenters. The average molecular weight is 383 g/mol. The fraction of sp³-hybridized carbons (Fsp3) is 0.850. The molecule has 146 valence electrons. The Morgan fingerprint density at radius 3 is 2.54 bits per heavy atom. The van der Waals surface area contributed by atoms with Crippen LogP contribution in [0.15, 0.2) is 11.6 Å². The molecule has 0 amide bonds. The molecule has 6 heteroatoms. The number of hydrogen-bond acceptors (Lipinski definition) is 5.